The molecule has 104 valence electrons. The van der Waals surface area contributed by atoms with Gasteiger partial charge in [0.05, 0.1) is 10.2 Å². The summed E-state index contributed by atoms with van der Waals surface area (Å²) in [6.45, 7) is 0.429. The second-order valence-electron chi connectivity index (χ2n) is 4.13. The summed E-state index contributed by atoms with van der Waals surface area (Å²) in [6, 6.07) is 4.32. The van der Waals surface area contributed by atoms with Crippen LogP contribution in [0.25, 0.3) is 10.2 Å². The smallest absolute Gasteiger partial charge is 0.361 e. The number of unbranched alkanes of at least 4 members (excludes halogenated alkanes) is 1. The zero-order valence-corrected chi connectivity index (χ0v) is 10.7. The van der Waals surface area contributed by atoms with E-state index in [1.54, 1.807) is 6.07 Å². The monoisotopic (exact) mass is 292 g/mol. The van der Waals surface area contributed by atoms with Crippen molar-refractivity contribution in [2.24, 2.45) is 0 Å². The zero-order chi connectivity index (χ0) is 13.9. The molecule has 0 amide bonds. The summed E-state index contributed by atoms with van der Waals surface area (Å²) < 4.78 is 49.5. The van der Waals surface area contributed by atoms with Gasteiger partial charge in [-0.25, -0.2) is 9.37 Å². The minimum absolute atomic E-state index is 0.0933. The highest BCUT2D eigenvalue weighted by molar-refractivity contribution is 7.22. The minimum atomic E-state index is -4.09. The number of hydrogen-bond acceptors (Lipinski definition) is 3. The highest BCUT2D eigenvalue weighted by Gasteiger charge is 2.25. The van der Waals surface area contributed by atoms with E-state index in [-0.39, 0.29) is 12.2 Å². The minimum Gasteiger partial charge on any atom is -0.361 e. The van der Waals surface area contributed by atoms with Gasteiger partial charge in [-0.15, -0.1) is 0 Å². The van der Waals surface area contributed by atoms with Crippen molar-refractivity contribution in [1.29, 1.82) is 0 Å². The Morgan fingerprint density at radius 2 is 2.00 bits per heavy atom. The first-order valence-electron chi connectivity index (χ1n) is 5.81. The predicted octanol–water partition coefficient (Wildman–Crippen LogP) is 4.58. The van der Waals surface area contributed by atoms with Crippen molar-refractivity contribution in [1.82, 2.24) is 4.98 Å². The van der Waals surface area contributed by atoms with E-state index < -0.39 is 12.6 Å². The van der Waals surface area contributed by atoms with Crippen molar-refractivity contribution >= 4 is 26.7 Å². The number of halogens is 4. The van der Waals surface area contributed by atoms with E-state index in [0.29, 0.717) is 23.6 Å². The lowest BCUT2D eigenvalue weighted by atomic mass is 10.2. The van der Waals surface area contributed by atoms with Gasteiger partial charge >= 0.3 is 6.18 Å². The lowest BCUT2D eigenvalue weighted by Crippen LogP contribution is -2.08. The van der Waals surface area contributed by atoms with Gasteiger partial charge in [-0.3, -0.25) is 0 Å². The molecule has 0 radical (unpaired) electrons. The Balaban J connectivity index is 1.82. The van der Waals surface area contributed by atoms with Gasteiger partial charge in [-0.05, 0) is 25.0 Å². The lowest BCUT2D eigenvalue weighted by molar-refractivity contribution is -0.135. The highest BCUT2D eigenvalue weighted by atomic mass is 32.1. The summed E-state index contributed by atoms with van der Waals surface area (Å²) in [4.78, 5) is 4.17. The summed E-state index contributed by atoms with van der Waals surface area (Å²) in [6.07, 6.45) is -4.34. The van der Waals surface area contributed by atoms with Crippen LogP contribution >= 0.6 is 11.3 Å². The molecule has 1 heterocycles. The standard InChI is InChI=1S/C12H12F4N2S/c13-8-3-4-10-9(7-8)18-11(19-10)17-6-2-1-5-12(14,15)16/h3-4,7H,1-2,5-6H2,(H,17,18). The van der Waals surface area contributed by atoms with Crippen molar-refractivity contribution in [3.63, 3.8) is 0 Å². The Kier molecular flexibility index (Phi) is 4.24. The molecular formula is C12H12F4N2S. The normalized spacial score (nSPS) is 12.0. The Labute approximate surface area is 111 Å². The van der Waals surface area contributed by atoms with Crippen LogP contribution in [0.2, 0.25) is 0 Å². The van der Waals surface area contributed by atoms with Gasteiger partial charge in [0.25, 0.3) is 0 Å². The average molecular weight is 292 g/mol. The van der Waals surface area contributed by atoms with Gasteiger partial charge in [0.2, 0.25) is 0 Å². The first-order valence-corrected chi connectivity index (χ1v) is 6.62. The molecule has 2 aromatic rings. The van der Waals surface area contributed by atoms with Crippen molar-refractivity contribution in [2.45, 2.75) is 25.4 Å². The van der Waals surface area contributed by atoms with Crippen LogP contribution in [0.5, 0.6) is 0 Å². The van der Waals surface area contributed by atoms with Crippen molar-refractivity contribution in [3.05, 3.63) is 24.0 Å². The maximum Gasteiger partial charge on any atom is 0.389 e. The highest BCUT2D eigenvalue weighted by Crippen LogP contribution is 2.26. The molecule has 0 bridgehead atoms. The molecule has 0 atom stereocenters. The quantitative estimate of drug-likeness (QED) is 0.644. The molecule has 0 aliphatic carbocycles. The fourth-order valence-corrected chi connectivity index (χ4v) is 2.49. The average Bonchev–Trinajstić information content (AvgIpc) is 2.68. The van der Waals surface area contributed by atoms with E-state index in [1.807, 2.05) is 0 Å². The number of hydrogen-bond donors (Lipinski definition) is 1. The summed E-state index contributed by atoms with van der Waals surface area (Å²) in [7, 11) is 0. The molecule has 0 saturated heterocycles. The van der Waals surface area contributed by atoms with Crippen LogP contribution in [0.1, 0.15) is 19.3 Å². The van der Waals surface area contributed by atoms with Gasteiger partial charge in [0, 0.05) is 19.0 Å². The first kappa shape index (κ1) is 14.0. The first-order chi connectivity index (χ1) is 8.94. The molecule has 0 aliphatic heterocycles. The van der Waals surface area contributed by atoms with E-state index in [9.17, 15) is 17.6 Å². The molecule has 1 N–H and O–H groups in total. The number of benzene rings is 1. The number of aromatic nitrogens is 1. The van der Waals surface area contributed by atoms with Gasteiger partial charge in [0.15, 0.2) is 5.13 Å². The largest absolute Gasteiger partial charge is 0.389 e. The second-order valence-corrected chi connectivity index (χ2v) is 5.16. The zero-order valence-electron chi connectivity index (χ0n) is 9.93. The predicted molar refractivity (Wildman–Crippen MR) is 68.0 cm³/mol. The maximum absolute atomic E-state index is 12.9. The SMILES string of the molecule is Fc1ccc2sc(NCCCCC(F)(F)F)nc2c1. The fourth-order valence-electron chi connectivity index (χ4n) is 1.62. The molecule has 19 heavy (non-hydrogen) atoms. The van der Waals surface area contributed by atoms with Gasteiger partial charge in [0.1, 0.15) is 5.82 Å². The van der Waals surface area contributed by atoms with E-state index in [0.717, 1.165) is 4.70 Å². The second kappa shape index (κ2) is 5.73. The number of thiazole rings is 1. The molecule has 7 heteroatoms. The molecular weight excluding hydrogens is 280 g/mol. The Morgan fingerprint density at radius 1 is 1.21 bits per heavy atom. The molecule has 0 saturated carbocycles. The molecule has 0 fully saturated rings. The number of anilines is 1. The number of nitrogens with one attached hydrogen (secondary N) is 1. The number of rotatable bonds is 5. The van der Waals surface area contributed by atoms with Crippen LogP contribution in [0.3, 0.4) is 0 Å². The molecule has 1 aromatic carbocycles. The van der Waals surface area contributed by atoms with Crippen molar-refractivity contribution < 1.29 is 17.6 Å². The van der Waals surface area contributed by atoms with Crippen LogP contribution in [0.4, 0.5) is 22.7 Å². The summed E-state index contributed by atoms with van der Waals surface area (Å²) >= 11 is 1.36. The number of fused-ring (bicyclic) bond motifs is 1. The molecule has 1 aromatic heterocycles. The van der Waals surface area contributed by atoms with Gasteiger partial charge < -0.3 is 5.32 Å². The fraction of sp³-hybridized carbons (Fsp3) is 0.417. The van der Waals surface area contributed by atoms with Crippen molar-refractivity contribution in [2.75, 3.05) is 11.9 Å². The van der Waals surface area contributed by atoms with Gasteiger partial charge in [-0.1, -0.05) is 11.3 Å². The summed E-state index contributed by atoms with van der Waals surface area (Å²) in [5, 5.41) is 3.56. The number of alkyl halides is 3. The van der Waals surface area contributed by atoms with Gasteiger partial charge in [-0.2, -0.15) is 13.2 Å². The van der Waals surface area contributed by atoms with Crippen LogP contribution in [-0.4, -0.2) is 17.7 Å². The van der Waals surface area contributed by atoms with Crippen molar-refractivity contribution in [3.8, 4) is 0 Å². The van der Waals surface area contributed by atoms with Crippen LogP contribution in [0.15, 0.2) is 18.2 Å². The third-order valence-corrected chi connectivity index (χ3v) is 3.51. The van der Waals surface area contributed by atoms with Crippen LogP contribution in [-0.2, 0) is 0 Å². The van der Waals surface area contributed by atoms with E-state index in [2.05, 4.69) is 10.3 Å². The molecule has 0 unspecified atom stereocenters. The maximum atomic E-state index is 12.9. The molecule has 2 rings (SSSR count). The molecule has 0 spiro atoms. The lowest BCUT2D eigenvalue weighted by Gasteiger charge is -2.05. The summed E-state index contributed by atoms with van der Waals surface area (Å²) in [5.74, 6) is -0.352. The summed E-state index contributed by atoms with van der Waals surface area (Å²) in [5.41, 5.74) is 0.558. The Morgan fingerprint density at radius 3 is 2.74 bits per heavy atom. The molecule has 0 aliphatic rings. The van der Waals surface area contributed by atoms with E-state index in [1.165, 1.54) is 23.5 Å². The van der Waals surface area contributed by atoms with Crippen LogP contribution < -0.4 is 5.32 Å². The topological polar surface area (TPSA) is 24.9 Å². The Hall–Kier alpha value is -1.37. The van der Waals surface area contributed by atoms with Crippen LogP contribution in [0, 0.1) is 5.82 Å². The van der Waals surface area contributed by atoms with E-state index in [4.69, 9.17) is 0 Å². The number of nitrogens with zero attached hydrogens (tertiary/aromatic N) is 1. The third kappa shape index (κ3) is 4.34. The van der Waals surface area contributed by atoms with E-state index >= 15 is 0 Å². The molecule has 2 nitrogen and oxygen atoms in total. The Bertz CT molecular complexity index is 550. The third-order valence-electron chi connectivity index (χ3n) is 2.51.